The van der Waals surface area contributed by atoms with E-state index in [1.54, 1.807) is 6.92 Å². The number of rotatable bonds is 2. The highest BCUT2D eigenvalue weighted by molar-refractivity contribution is 5.81. The number of hydrogen-bond donors (Lipinski definition) is 2. The van der Waals surface area contributed by atoms with Gasteiger partial charge in [-0.15, -0.1) is 0 Å². The predicted molar refractivity (Wildman–Crippen MR) is 66.8 cm³/mol. The maximum Gasteiger partial charge on any atom is 0.330 e. The van der Waals surface area contributed by atoms with Gasteiger partial charge in [0.1, 0.15) is 5.60 Å². The van der Waals surface area contributed by atoms with Crippen LogP contribution in [0, 0.1) is 5.92 Å². The normalized spacial score (nSPS) is 47.4. The average Bonchev–Trinajstić information content (AvgIpc) is 2.10. The van der Waals surface area contributed by atoms with Gasteiger partial charge < -0.3 is 14.9 Å². The van der Waals surface area contributed by atoms with Crippen LogP contribution in [-0.2, 0) is 9.53 Å². The quantitative estimate of drug-likeness (QED) is 0.579. The van der Waals surface area contributed by atoms with Crippen LogP contribution in [0.3, 0.4) is 0 Å². The Hall–Kier alpha value is -0.870. The molecule has 2 unspecified atom stereocenters. The molecule has 0 amide bonds. The van der Waals surface area contributed by atoms with E-state index in [-0.39, 0.29) is 5.92 Å². The van der Waals surface area contributed by atoms with Crippen LogP contribution in [0.15, 0.2) is 12.7 Å². The molecule has 0 aliphatic heterocycles. The van der Waals surface area contributed by atoms with Crippen LogP contribution in [0.4, 0.5) is 0 Å². The zero-order chi connectivity index (χ0) is 13.6. The van der Waals surface area contributed by atoms with Crippen LogP contribution in [0.2, 0.25) is 0 Å². The molecule has 2 fully saturated rings. The lowest BCUT2D eigenvalue weighted by atomic mass is 9.59. The van der Waals surface area contributed by atoms with Crippen LogP contribution < -0.4 is 0 Å². The Morgan fingerprint density at radius 1 is 1.28 bits per heavy atom. The summed E-state index contributed by atoms with van der Waals surface area (Å²) < 4.78 is 5.35. The maximum atomic E-state index is 11.4. The minimum atomic E-state index is -0.930. The van der Waals surface area contributed by atoms with Crippen molar-refractivity contribution in [1.29, 1.82) is 0 Å². The second-order valence-corrected chi connectivity index (χ2v) is 6.57. The molecule has 0 spiro atoms. The monoisotopic (exact) mass is 254 g/mol. The van der Waals surface area contributed by atoms with E-state index in [0.29, 0.717) is 32.1 Å². The first-order valence-electron chi connectivity index (χ1n) is 6.48. The van der Waals surface area contributed by atoms with Gasteiger partial charge in [0.15, 0.2) is 0 Å². The fraction of sp³-hybridized carbons (Fsp3) is 0.786. The first-order valence-corrected chi connectivity index (χ1v) is 6.48. The number of fused-ring (bicyclic) bond motifs is 2. The van der Waals surface area contributed by atoms with Crippen LogP contribution in [0.25, 0.3) is 0 Å². The molecule has 2 saturated carbocycles. The molecule has 4 nitrogen and oxygen atoms in total. The molecule has 102 valence electrons. The zero-order valence-corrected chi connectivity index (χ0v) is 11.1. The minimum Gasteiger partial charge on any atom is -0.456 e. The van der Waals surface area contributed by atoms with E-state index in [4.69, 9.17) is 4.74 Å². The smallest absolute Gasteiger partial charge is 0.330 e. The highest BCUT2D eigenvalue weighted by Gasteiger charge is 2.56. The minimum absolute atomic E-state index is 0.286. The van der Waals surface area contributed by atoms with Crippen molar-refractivity contribution in [3.63, 3.8) is 0 Å². The zero-order valence-electron chi connectivity index (χ0n) is 11.1. The largest absolute Gasteiger partial charge is 0.456 e. The Morgan fingerprint density at radius 3 is 2.22 bits per heavy atom. The molecule has 18 heavy (non-hydrogen) atoms. The molecule has 0 heterocycles. The van der Waals surface area contributed by atoms with Crippen molar-refractivity contribution >= 4 is 5.97 Å². The van der Waals surface area contributed by atoms with Gasteiger partial charge >= 0.3 is 5.97 Å². The summed E-state index contributed by atoms with van der Waals surface area (Å²) in [5.41, 5.74) is -2.67. The van der Waals surface area contributed by atoms with Crippen molar-refractivity contribution in [3.8, 4) is 0 Å². The van der Waals surface area contributed by atoms with Crippen molar-refractivity contribution in [1.82, 2.24) is 0 Å². The van der Waals surface area contributed by atoms with Gasteiger partial charge in [-0.25, -0.2) is 4.79 Å². The molecule has 2 bridgehead atoms. The van der Waals surface area contributed by atoms with Crippen molar-refractivity contribution in [2.24, 2.45) is 5.92 Å². The number of carbonyl (C=O) groups excluding carboxylic acids is 1. The van der Waals surface area contributed by atoms with Crippen molar-refractivity contribution in [3.05, 3.63) is 12.7 Å². The second kappa shape index (κ2) is 4.07. The molecule has 0 aromatic carbocycles. The van der Waals surface area contributed by atoms with E-state index >= 15 is 0 Å². The van der Waals surface area contributed by atoms with Gasteiger partial charge in [0.2, 0.25) is 0 Å². The van der Waals surface area contributed by atoms with E-state index in [0.717, 1.165) is 6.08 Å². The number of ether oxygens (including phenoxy) is 1. The lowest BCUT2D eigenvalue weighted by Crippen LogP contribution is -2.60. The van der Waals surface area contributed by atoms with Gasteiger partial charge in [0.25, 0.3) is 0 Å². The number of aliphatic hydroxyl groups is 2. The van der Waals surface area contributed by atoms with E-state index in [1.165, 1.54) is 0 Å². The van der Waals surface area contributed by atoms with Crippen LogP contribution in [0.5, 0.6) is 0 Å². The van der Waals surface area contributed by atoms with E-state index in [9.17, 15) is 15.0 Å². The molecule has 0 radical (unpaired) electrons. The van der Waals surface area contributed by atoms with Crippen LogP contribution >= 0.6 is 0 Å². The lowest BCUT2D eigenvalue weighted by molar-refractivity contribution is -0.217. The summed E-state index contributed by atoms with van der Waals surface area (Å²) in [4.78, 5) is 11.4. The second-order valence-electron chi connectivity index (χ2n) is 6.57. The van der Waals surface area contributed by atoms with E-state index in [2.05, 4.69) is 6.58 Å². The molecule has 2 rings (SSSR count). The Kier molecular flexibility index (Phi) is 3.06. The number of carbonyl (C=O) groups is 1. The Morgan fingerprint density at radius 2 is 1.78 bits per heavy atom. The Balaban J connectivity index is 2.23. The summed E-state index contributed by atoms with van der Waals surface area (Å²) in [5, 5.41) is 21.2. The van der Waals surface area contributed by atoms with Gasteiger partial charge in [-0.1, -0.05) is 13.5 Å². The maximum absolute atomic E-state index is 11.4. The SMILES string of the molecule is C=CC(=O)OC1(C)CC2(O)CC(C)CC(O)(C2)C1. The molecular formula is C14H22O4. The van der Waals surface area contributed by atoms with Crippen molar-refractivity contribution < 1.29 is 19.7 Å². The van der Waals surface area contributed by atoms with Gasteiger partial charge in [0.05, 0.1) is 11.2 Å². The molecule has 0 saturated heterocycles. The third kappa shape index (κ3) is 2.59. The molecule has 4 heteroatoms. The fourth-order valence-corrected chi connectivity index (χ4v) is 4.21. The highest BCUT2D eigenvalue weighted by Crippen LogP contribution is 2.52. The molecule has 2 aliphatic rings. The topological polar surface area (TPSA) is 66.8 Å². The lowest BCUT2D eigenvalue weighted by Gasteiger charge is -2.54. The van der Waals surface area contributed by atoms with Gasteiger partial charge in [-0.3, -0.25) is 0 Å². The Labute approximate surface area is 108 Å². The predicted octanol–water partition coefficient (Wildman–Crippen LogP) is 1.55. The summed E-state index contributed by atoms with van der Waals surface area (Å²) in [7, 11) is 0. The van der Waals surface area contributed by atoms with Gasteiger partial charge in [-0.2, -0.15) is 0 Å². The molecule has 0 aromatic heterocycles. The van der Waals surface area contributed by atoms with Crippen LogP contribution in [0.1, 0.15) is 46.0 Å². The first kappa shape index (κ1) is 13.6. The molecule has 2 atom stereocenters. The summed E-state index contributed by atoms with van der Waals surface area (Å²) in [6.07, 6.45) is 3.56. The molecule has 2 aliphatic carbocycles. The average molecular weight is 254 g/mol. The summed E-state index contributed by atoms with van der Waals surface area (Å²) >= 11 is 0. The fourth-order valence-electron chi connectivity index (χ4n) is 4.21. The number of esters is 1. The van der Waals surface area contributed by atoms with Crippen molar-refractivity contribution in [2.75, 3.05) is 0 Å². The standard InChI is InChI=1S/C14H22O4/c1-4-11(15)18-12(3)7-13(16)5-10(2)6-14(17,8-12)9-13/h4,10,16-17H,1,5-9H2,2-3H3. The number of hydrogen-bond acceptors (Lipinski definition) is 4. The van der Waals surface area contributed by atoms with Gasteiger partial charge in [-0.05, 0) is 25.7 Å². The van der Waals surface area contributed by atoms with Crippen LogP contribution in [-0.4, -0.2) is 33.0 Å². The summed E-state index contributed by atoms with van der Waals surface area (Å²) in [6, 6.07) is 0. The third-order valence-corrected chi connectivity index (χ3v) is 4.03. The molecular weight excluding hydrogens is 232 g/mol. The third-order valence-electron chi connectivity index (χ3n) is 4.03. The Bertz CT molecular complexity index is 358. The van der Waals surface area contributed by atoms with E-state index < -0.39 is 22.8 Å². The first-order chi connectivity index (χ1) is 8.18. The highest BCUT2D eigenvalue weighted by atomic mass is 16.6. The van der Waals surface area contributed by atoms with Crippen molar-refractivity contribution in [2.45, 2.75) is 62.8 Å². The van der Waals surface area contributed by atoms with E-state index in [1.807, 2.05) is 6.92 Å². The molecule has 0 aromatic rings. The summed E-state index contributed by atoms with van der Waals surface area (Å²) in [6.45, 7) is 7.19. The van der Waals surface area contributed by atoms with Gasteiger partial charge in [0, 0.05) is 25.3 Å². The summed E-state index contributed by atoms with van der Waals surface area (Å²) in [5.74, 6) is -0.217. The molecule has 2 N–H and O–H groups in total.